The molecule has 2 N–H and O–H groups in total. The Kier molecular flexibility index (Phi) is 5.59. The Morgan fingerprint density at radius 1 is 1.29 bits per heavy atom. The van der Waals surface area contributed by atoms with Crippen LogP contribution >= 0.6 is 0 Å². The van der Waals surface area contributed by atoms with Gasteiger partial charge in [0.05, 0.1) is 17.6 Å². The van der Waals surface area contributed by atoms with Crippen LogP contribution in [0.1, 0.15) is 21.5 Å². The third kappa shape index (κ3) is 3.95. The highest BCUT2D eigenvalue weighted by Crippen LogP contribution is 2.11. The average molecular weight is 418 g/mol. The molecule has 0 saturated heterocycles. The normalized spacial score (nSPS) is 11.2. The van der Waals surface area contributed by atoms with Gasteiger partial charge in [-0.25, -0.2) is 4.98 Å². The molecule has 0 aliphatic heterocycles. The average Bonchev–Trinajstić information content (AvgIpc) is 2.78. The highest BCUT2D eigenvalue weighted by atomic mass is 16.5. The van der Waals surface area contributed by atoms with Crippen molar-refractivity contribution in [1.29, 1.82) is 5.41 Å². The molecule has 9 nitrogen and oxygen atoms in total. The number of hydrogen-bond donors (Lipinski definition) is 2. The number of aryl methyl sites for hydroxylation is 1. The second-order valence-corrected chi connectivity index (χ2v) is 7.18. The molecule has 0 bridgehead atoms. The Labute approximate surface area is 177 Å². The fourth-order valence-electron chi connectivity index (χ4n) is 3.40. The molecule has 0 fully saturated rings. The highest BCUT2D eigenvalue weighted by Gasteiger charge is 2.17. The van der Waals surface area contributed by atoms with E-state index in [2.05, 4.69) is 15.3 Å². The summed E-state index contributed by atoms with van der Waals surface area (Å²) in [6.45, 7) is 2.74. The van der Waals surface area contributed by atoms with Crippen LogP contribution in [0.2, 0.25) is 0 Å². The maximum absolute atomic E-state index is 13.2. The molecule has 0 atom stereocenters. The number of nitrogens with one attached hydrogen (secondary N) is 2. The van der Waals surface area contributed by atoms with Crippen LogP contribution in [-0.2, 0) is 17.8 Å². The summed E-state index contributed by atoms with van der Waals surface area (Å²) < 4.78 is 8.16. The van der Waals surface area contributed by atoms with Crippen LogP contribution in [0.4, 0.5) is 0 Å². The van der Waals surface area contributed by atoms with Gasteiger partial charge in [0, 0.05) is 38.8 Å². The minimum Gasteiger partial charge on any atom is -0.383 e. The summed E-state index contributed by atoms with van der Waals surface area (Å²) in [6.07, 6.45) is 5.02. The molecule has 0 aliphatic rings. The number of ether oxygens (including phenoxy) is 1. The predicted molar refractivity (Wildman–Crippen MR) is 115 cm³/mol. The lowest BCUT2D eigenvalue weighted by Gasteiger charge is -2.14. The first kappa shape index (κ1) is 20.4. The van der Waals surface area contributed by atoms with E-state index in [0.717, 1.165) is 11.1 Å². The molecule has 4 rings (SSSR count). The lowest BCUT2D eigenvalue weighted by molar-refractivity contribution is 0.0948. The fourth-order valence-corrected chi connectivity index (χ4v) is 3.40. The number of pyridine rings is 3. The Morgan fingerprint density at radius 2 is 2.13 bits per heavy atom. The third-order valence-corrected chi connectivity index (χ3v) is 4.99. The van der Waals surface area contributed by atoms with Crippen molar-refractivity contribution in [3.05, 3.63) is 81.5 Å². The smallest absolute Gasteiger partial charge is 0.267 e. The molecule has 4 aromatic heterocycles. The Balaban J connectivity index is 1.87. The van der Waals surface area contributed by atoms with Crippen molar-refractivity contribution in [3.8, 4) is 0 Å². The summed E-state index contributed by atoms with van der Waals surface area (Å²) in [5, 5.41) is 11.7. The van der Waals surface area contributed by atoms with Gasteiger partial charge in [-0.3, -0.25) is 24.4 Å². The second kappa shape index (κ2) is 8.49. The zero-order chi connectivity index (χ0) is 22.0. The number of fused-ring (bicyclic) bond motifs is 2. The molecule has 1 amide bonds. The molecule has 0 spiro atoms. The van der Waals surface area contributed by atoms with E-state index in [-0.39, 0.29) is 35.1 Å². The van der Waals surface area contributed by atoms with Gasteiger partial charge in [0.25, 0.3) is 11.5 Å². The lowest BCUT2D eigenvalue weighted by atomic mass is 10.2. The topological polar surface area (TPSA) is 114 Å². The number of carbonyl (C=O) groups excluding carboxylic acids is 1. The summed E-state index contributed by atoms with van der Waals surface area (Å²) in [6, 6.07) is 8.71. The maximum atomic E-state index is 13.2. The number of hydrogen-bond acceptors (Lipinski definition) is 6. The van der Waals surface area contributed by atoms with E-state index >= 15 is 0 Å². The fraction of sp³-hybridized carbons (Fsp3) is 0.227. The van der Waals surface area contributed by atoms with Crippen LogP contribution in [0.15, 0.2) is 53.7 Å². The number of carbonyl (C=O) groups is 1. The van der Waals surface area contributed by atoms with Crippen LogP contribution in [0.25, 0.3) is 16.7 Å². The van der Waals surface area contributed by atoms with E-state index in [9.17, 15) is 9.59 Å². The Bertz CT molecular complexity index is 1390. The SMILES string of the molecule is COCCn1c(=N)c(C(=O)NCc2cccnc2)cc2c(=O)n3cc(C)ccc3nc21. The molecule has 31 heavy (non-hydrogen) atoms. The van der Waals surface area contributed by atoms with Gasteiger partial charge in [-0.1, -0.05) is 12.1 Å². The van der Waals surface area contributed by atoms with Gasteiger partial charge in [0.2, 0.25) is 0 Å². The monoisotopic (exact) mass is 418 g/mol. The van der Waals surface area contributed by atoms with Crippen LogP contribution in [-0.4, -0.2) is 38.6 Å². The number of methoxy groups -OCH3 is 1. The first-order valence-electron chi connectivity index (χ1n) is 9.77. The largest absolute Gasteiger partial charge is 0.383 e. The predicted octanol–water partition coefficient (Wildman–Crippen LogP) is 1.41. The van der Waals surface area contributed by atoms with Crippen molar-refractivity contribution in [2.75, 3.05) is 13.7 Å². The molecule has 0 aliphatic carbocycles. The van der Waals surface area contributed by atoms with Gasteiger partial charge < -0.3 is 14.6 Å². The van der Waals surface area contributed by atoms with Gasteiger partial charge in [-0.15, -0.1) is 0 Å². The van der Waals surface area contributed by atoms with E-state index in [1.165, 1.54) is 10.5 Å². The summed E-state index contributed by atoms with van der Waals surface area (Å²) in [7, 11) is 1.55. The van der Waals surface area contributed by atoms with Gasteiger partial charge >= 0.3 is 0 Å². The Morgan fingerprint density at radius 3 is 2.87 bits per heavy atom. The Hall–Kier alpha value is -3.85. The van der Waals surface area contributed by atoms with Crippen LogP contribution < -0.4 is 16.4 Å². The maximum Gasteiger partial charge on any atom is 0.267 e. The third-order valence-electron chi connectivity index (χ3n) is 4.99. The molecule has 4 heterocycles. The number of amides is 1. The van der Waals surface area contributed by atoms with Gasteiger partial charge in [-0.2, -0.15) is 0 Å². The van der Waals surface area contributed by atoms with Crippen molar-refractivity contribution in [2.24, 2.45) is 0 Å². The summed E-state index contributed by atoms with van der Waals surface area (Å²) >= 11 is 0. The van der Waals surface area contributed by atoms with Crippen LogP contribution in [0.5, 0.6) is 0 Å². The van der Waals surface area contributed by atoms with Crippen molar-refractivity contribution in [3.63, 3.8) is 0 Å². The first-order chi connectivity index (χ1) is 15.0. The summed E-state index contributed by atoms with van der Waals surface area (Å²) in [4.78, 5) is 34.7. The van der Waals surface area contributed by atoms with E-state index in [4.69, 9.17) is 10.1 Å². The van der Waals surface area contributed by atoms with E-state index in [1.54, 1.807) is 42.4 Å². The van der Waals surface area contributed by atoms with Crippen molar-refractivity contribution in [1.82, 2.24) is 24.3 Å². The summed E-state index contributed by atoms with van der Waals surface area (Å²) in [5.74, 6) is -0.448. The molecule has 4 aromatic rings. The highest BCUT2D eigenvalue weighted by molar-refractivity contribution is 5.96. The minimum absolute atomic E-state index is 0.0309. The number of nitrogens with zero attached hydrogens (tertiary/aromatic N) is 4. The quantitative estimate of drug-likeness (QED) is 0.460. The van der Waals surface area contributed by atoms with E-state index in [0.29, 0.717) is 17.9 Å². The molecular formula is C22H22N6O3. The zero-order valence-electron chi connectivity index (χ0n) is 17.3. The molecule has 158 valence electrons. The molecule has 0 unspecified atom stereocenters. The van der Waals surface area contributed by atoms with Gasteiger partial charge in [-0.05, 0) is 36.2 Å². The standard InChI is InChI=1S/C22H22N6O3/c1-14-5-6-18-26-20-17(22(30)28(18)13-14)10-16(19(23)27(20)8-9-31-2)21(29)25-12-15-4-3-7-24-11-15/h3-7,10-11,13,23H,8-9,12H2,1-2H3,(H,25,29). The summed E-state index contributed by atoms with van der Waals surface area (Å²) in [5.41, 5.74) is 2.34. The van der Waals surface area contributed by atoms with E-state index in [1.807, 2.05) is 19.1 Å². The van der Waals surface area contributed by atoms with Crippen molar-refractivity contribution < 1.29 is 9.53 Å². The van der Waals surface area contributed by atoms with E-state index < -0.39 is 5.91 Å². The zero-order valence-corrected chi connectivity index (χ0v) is 17.3. The molecule has 0 radical (unpaired) electrons. The molecule has 9 heteroatoms. The van der Waals surface area contributed by atoms with Gasteiger partial charge in [0.1, 0.15) is 16.8 Å². The first-order valence-corrected chi connectivity index (χ1v) is 9.77. The second-order valence-electron chi connectivity index (χ2n) is 7.18. The number of aromatic nitrogens is 4. The molecule has 0 aromatic carbocycles. The van der Waals surface area contributed by atoms with Gasteiger partial charge in [0.15, 0.2) is 0 Å². The minimum atomic E-state index is -0.448. The van der Waals surface area contributed by atoms with Crippen LogP contribution in [0.3, 0.4) is 0 Å². The number of rotatable bonds is 6. The lowest BCUT2D eigenvalue weighted by Crippen LogP contribution is -2.35. The molecule has 0 saturated carbocycles. The van der Waals surface area contributed by atoms with Crippen molar-refractivity contribution in [2.45, 2.75) is 20.0 Å². The van der Waals surface area contributed by atoms with Crippen molar-refractivity contribution >= 4 is 22.6 Å². The van der Waals surface area contributed by atoms with Crippen LogP contribution in [0, 0.1) is 12.3 Å². The molecular weight excluding hydrogens is 396 g/mol.